The van der Waals surface area contributed by atoms with Crippen LogP contribution < -0.4 is 0 Å². The molecular weight excluding hydrogens is 417 g/mol. The number of carbonyl (C=O) groups excluding carboxylic acids is 1. The lowest BCUT2D eigenvalue weighted by Crippen LogP contribution is -2.48. The Kier molecular flexibility index (Phi) is 5.16. The molecule has 1 heterocycles. The van der Waals surface area contributed by atoms with Gasteiger partial charge in [0.25, 0.3) is 0 Å². The van der Waals surface area contributed by atoms with E-state index < -0.39 is 17.5 Å². The molecule has 1 aromatic heterocycles. The van der Waals surface area contributed by atoms with Crippen molar-refractivity contribution in [1.29, 1.82) is 0 Å². The Labute approximate surface area is 187 Å². The monoisotopic (exact) mass is 450 g/mol. The summed E-state index contributed by atoms with van der Waals surface area (Å²) in [5, 5.41) is 14.3. The van der Waals surface area contributed by atoms with E-state index in [2.05, 4.69) is 18.1 Å². The van der Waals surface area contributed by atoms with Crippen molar-refractivity contribution in [2.75, 3.05) is 0 Å². The highest BCUT2D eigenvalue weighted by Gasteiger charge is 2.57. The number of rotatable bonds is 3. The van der Waals surface area contributed by atoms with Gasteiger partial charge in [-0.2, -0.15) is 18.3 Å². The maximum atomic E-state index is 13.2. The van der Waals surface area contributed by atoms with E-state index >= 15 is 0 Å². The topological polar surface area (TPSA) is 55.1 Å². The SMILES string of the molecule is CC1(O)CCC2C(=CCC3C2CCC2(C)C(C(=O)Cn4nccc4C(F)(F)F)CCC32)C1. The molecule has 1 N–H and O–H groups in total. The molecule has 0 saturated heterocycles. The second kappa shape index (κ2) is 7.44. The fraction of sp³-hybridized carbons (Fsp3) is 0.760. The van der Waals surface area contributed by atoms with Crippen LogP contribution in [0.2, 0.25) is 0 Å². The van der Waals surface area contributed by atoms with E-state index in [1.807, 2.05) is 6.92 Å². The Hall–Kier alpha value is -1.63. The van der Waals surface area contributed by atoms with Crippen molar-refractivity contribution in [3.63, 3.8) is 0 Å². The predicted octanol–water partition coefficient (Wildman–Crippen LogP) is 5.41. The molecule has 0 bridgehead atoms. The molecule has 0 aliphatic heterocycles. The van der Waals surface area contributed by atoms with Crippen molar-refractivity contribution in [2.45, 2.75) is 83.5 Å². The van der Waals surface area contributed by atoms with Crippen LogP contribution >= 0.6 is 0 Å². The molecule has 7 unspecified atom stereocenters. The summed E-state index contributed by atoms with van der Waals surface area (Å²) in [7, 11) is 0. The molecule has 5 rings (SSSR count). The average molecular weight is 451 g/mol. The van der Waals surface area contributed by atoms with Gasteiger partial charge in [-0.05, 0) is 93.4 Å². The second-order valence-electron chi connectivity index (χ2n) is 11.3. The van der Waals surface area contributed by atoms with Crippen molar-refractivity contribution in [1.82, 2.24) is 9.78 Å². The summed E-state index contributed by atoms with van der Waals surface area (Å²) in [5.41, 5.74) is -0.164. The van der Waals surface area contributed by atoms with E-state index in [-0.39, 0.29) is 23.7 Å². The molecule has 4 aliphatic rings. The van der Waals surface area contributed by atoms with Crippen molar-refractivity contribution < 1.29 is 23.1 Å². The highest BCUT2D eigenvalue weighted by atomic mass is 19.4. The van der Waals surface area contributed by atoms with E-state index in [1.165, 1.54) is 5.57 Å². The molecule has 4 nitrogen and oxygen atoms in total. The molecular formula is C25H33F3N2O2. The number of hydrogen-bond acceptors (Lipinski definition) is 3. The largest absolute Gasteiger partial charge is 0.433 e. The normalized spacial score (nSPS) is 41.4. The number of alkyl halides is 3. The van der Waals surface area contributed by atoms with E-state index in [4.69, 9.17) is 0 Å². The fourth-order valence-electron chi connectivity index (χ4n) is 7.95. The molecule has 176 valence electrons. The van der Waals surface area contributed by atoms with Crippen LogP contribution in [0.1, 0.15) is 70.9 Å². The molecule has 32 heavy (non-hydrogen) atoms. The van der Waals surface area contributed by atoms with E-state index in [1.54, 1.807) is 0 Å². The summed E-state index contributed by atoms with van der Waals surface area (Å²) in [4.78, 5) is 13.2. The number of ketones is 1. The van der Waals surface area contributed by atoms with Gasteiger partial charge < -0.3 is 5.11 Å². The van der Waals surface area contributed by atoms with Crippen molar-refractivity contribution in [3.8, 4) is 0 Å². The number of carbonyl (C=O) groups is 1. The standard InChI is InChI=1S/C25H33F3N2O2/c1-23(32)10-7-16-15(13-23)3-4-18-17(16)8-11-24(2)19(18)5-6-20(24)21(31)14-30-22(9-12-29-30)25(26,27)28/h3,9,12,16-20,32H,4-8,10-11,13-14H2,1-2H3. The number of hydrogen-bond donors (Lipinski definition) is 1. The highest BCUT2D eigenvalue weighted by molar-refractivity contribution is 5.82. The predicted molar refractivity (Wildman–Crippen MR) is 113 cm³/mol. The summed E-state index contributed by atoms with van der Waals surface area (Å²) < 4.78 is 40.5. The summed E-state index contributed by atoms with van der Waals surface area (Å²) in [6.07, 6.45) is 6.40. The Morgan fingerprint density at radius 2 is 1.97 bits per heavy atom. The Morgan fingerprint density at radius 1 is 1.19 bits per heavy atom. The molecule has 7 atom stereocenters. The maximum Gasteiger partial charge on any atom is 0.433 e. The number of aromatic nitrogens is 2. The van der Waals surface area contributed by atoms with Gasteiger partial charge in [0.2, 0.25) is 0 Å². The second-order valence-corrected chi connectivity index (χ2v) is 11.3. The molecule has 4 aliphatic carbocycles. The molecule has 0 radical (unpaired) electrons. The minimum Gasteiger partial charge on any atom is -0.390 e. The molecule has 1 aromatic rings. The Morgan fingerprint density at radius 3 is 2.72 bits per heavy atom. The third kappa shape index (κ3) is 3.55. The lowest BCUT2D eigenvalue weighted by molar-refractivity contribution is -0.145. The zero-order valence-corrected chi connectivity index (χ0v) is 18.9. The smallest absolute Gasteiger partial charge is 0.390 e. The number of allylic oxidation sites excluding steroid dienone is 1. The summed E-state index contributed by atoms with van der Waals surface area (Å²) in [6, 6.07) is 0.936. The Balaban J connectivity index is 1.34. The fourth-order valence-corrected chi connectivity index (χ4v) is 7.95. The van der Waals surface area contributed by atoms with Gasteiger partial charge in [0.05, 0.1) is 5.60 Å². The molecule has 7 heteroatoms. The lowest BCUT2D eigenvalue weighted by Gasteiger charge is -2.54. The van der Waals surface area contributed by atoms with Crippen molar-refractivity contribution in [2.24, 2.45) is 35.0 Å². The van der Waals surface area contributed by atoms with Crippen LogP contribution in [-0.4, -0.2) is 26.3 Å². The van der Waals surface area contributed by atoms with Crippen LogP contribution in [0.5, 0.6) is 0 Å². The number of aliphatic hydroxyl groups is 1. The van der Waals surface area contributed by atoms with Gasteiger partial charge in [-0.1, -0.05) is 18.6 Å². The first-order valence-corrected chi connectivity index (χ1v) is 12.0. The van der Waals surface area contributed by atoms with Crippen LogP contribution in [-0.2, 0) is 17.5 Å². The molecule has 3 fully saturated rings. The van der Waals surface area contributed by atoms with E-state index in [9.17, 15) is 23.1 Å². The van der Waals surface area contributed by atoms with Gasteiger partial charge in [-0.3, -0.25) is 9.48 Å². The lowest BCUT2D eigenvalue weighted by atomic mass is 9.51. The van der Waals surface area contributed by atoms with Crippen LogP contribution in [0, 0.1) is 35.0 Å². The van der Waals surface area contributed by atoms with Crippen LogP contribution in [0.3, 0.4) is 0 Å². The highest BCUT2D eigenvalue weighted by Crippen LogP contribution is 2.63. The third-order valence-corrected chi connectivity index (χ3v) is 9.42. The molecule has 0 amide bonds. The third-order valence-electron chi connectivity index (χ3n) is 9.42. The van der Waals surface area contributed by atoms with Gasteiger partial charge in [-0.25, -0.2) is 0 Å². The van der Waals surface area contributed by atoms with E-state index in [0.29, 0.717) is 23.7 Å². The summed E-state index contributed by atoms with van der Waals surface area (Å²) >= 11 is 0. The minimum absolute atomic E-state index is 0.108. The maximum absolute atomic E-state index is 13.2. The Bertz CT molecular complexity index is 934. The van der Waals surface area contributed by atoms with Crippen LogP contribution in [0.4, 0.5) is 13.2 Å². The zero-order chi connectivity index (χ0) is 22.9. The molecule has 3 saturated carbocycles. The van der Waals surface area contributed by atoms with Crippen LogP contribution in [0.25, 0.3) is 0 Å². The first-order chi connectivity index (χ1) is 15.0. The number of nitrogens with zero attached hydrogens (tertiary/aromatic N) is 2. The summed E-state index contributed by atoms with van der Waals surface area (Å²) in [6.45, 7) is 3.85. The average Bonchev–Trinajstić information content (AvgIpc) is 3.30. The van der Waals surface area contributed by atoms with Crippen molar-refractivity contribution >= 4 is 5.78 Å². The van der Waals surface area contributed by atoms with Gasteiger partial charge in [0.1, 0.15) is 12.2 Å². The van der Waals surface area contributed by atoms with Gasteiger partial charge >= 0.3 is 6.18 Å². The van der Waals surface area contributed by atoms with E-state index in [0.717, 1.165) is 68.3 Å². The first-order valence-electron chi connectivity index (χ1n) is 12.0. The van der Waals surface area contributed by atoms with Crippen LogP contribution in [0.15, 0.2) is 23.9 Å². The van der Waals surface area contributed by atoms with Gasteiger partial charge in [0.15, 0.2) is 5.78 Å². The number of halogens is 3. The summed E-state index contributed by atoms with van der Waals surface area (Å²) in [5.74, 6) is 1.83. The van der Waals surface area contributed by atoms with Gasteiger partial charge in [0, 0.05) is 12.1 Å². The first kappa shape index (κ1) is 22.2. The van der Waals surface area contributed by atoms with Crippen molar-refractivity contribution in [3.05, 3.63) is 29.6 Å². The quantitative estimate of drug-likeness (QED) is 0.627. The van der Waals surface area contributed by atoms with Gasteiger partial charge in [-0.15, -0.1) is 0 Å². The minimum atomic E-state index is -4.51. The molecule has 0 spiro atoms. The number of fused-ring (bicyclic) bond motifs is 5. The zero-order valence-electron chi connectivity index (χ0n) is 18.9. The number of Topliss-reactive ketones (excluding diaryl/α,β-unsaturated/α-hetero) is 1. The molecule has 0 aromatic carbocycles.